The van der Waals surface area contributed by atoms with Gasteiger partial charge < -0.3 is 13.7 Å². The minimum absolute atomic E-state index is 0.0263. The number of carbonyl (C=O) groups excluding carboxylic acids is 1. The molecule has 3 aromatic rings. The van der Waals surface area contributed by atoms with Crippen molar-refractivity contribution in [1.82, 2.24) is 15.4 Å². The quantitative estimate of drug-likeness (QED) is 0.547. The van der Waals surface area contributed by atoms with Crippen molar-refractivity contribution in [1.29, 1.82) is 0 Å². The zero-order valence-corrected chi connectivity index (χ0v) is 15.9. The Bertz CT molecular complexity index is 926. The topological polar surface area (TPSA) is 91.3 Å². The third-order valence-corrected chi connectivity index (χ3v) is 5.18. The minimum Gasteiger partial charge on any atom is -0.456 e. The molecule has 2 heterocycles. The van der Waals surface area contributed by atoms with Crippen molar-refractivity contribution in [3.05, 3.63) is 42.0 Å². The van der Waals surface area contributed by atoms with E-state index >= 15 is 0 Å². The molecule has 28 heavy (non-hydrogen) atoms. The summed E-state index contributed by atoms with van der Waals surface area (Å²) in [5.74, 6) is 1.58. The van der Waals surface area contributed by atoms with Gasteiger partial charge in [-0.3, -0.25) is 4.79 Å². The highest BCUT2D eigenvalue weighted by molar-refractivity contribution is 5.77. The van der Waals surface area contributed by atoms with Gasteiger partial charge in [0.15, 0.2) is 6.61 Å². The number of hydrogen-bond donors (Lipinski definition) is 0. The van der Waals surface area contributed by atoms with Crippen LogP contribution >= 0.6 is 0 Å². The molecule has 1 aliphatic rings. The van der Waals surface area contributed by atoms with Crippen molar-refractivity contribution in [2.45, 2.75) is 52.1 Å². The molecule has 4 rings (SSSR count). The van der Waals surface area contributed by atoms with Gasteiger partial charge in [0, 0.05) is 12.0 Å². The van der Waals surface area contributed by atoms with Gasteiger partial charge in [0.25, 0.3) is 11.8 Å². The van der Waals surface area contributed by atoms with Gasteiger partial charge in [0.05, 0.1) is 0 Å². The molecule has 1 fully saturated rings. The summed E-state index contributed by atoms with van der Waals surface area (Å²) in [7, 11) is 0. The van der Waals surface area contributed by atoms with Crippen LogP contribution < -0.4 is 0 Å². The second-order valence-electron chi connectivity index (χ2n) is 7.18. The van der Waals surface area contributed by atoms with Crippen LogP contribution in [-0.4, -0.2) is 21.3 Å². The fourth-order valence-corrected chi connectivity index (χ4v) is 3.67. The maximum absolute atomic E-state index is 12.0. The number of rotatable bonds is 7. The highest BCUT2D eigenvalue weighted by atomic mass is 16.5. The molecule has 0 N–H and O–H groups in total. The van der Waals surface area contributed by atoms with E-state index in [2.05, 4.69) is 15.4 Å². The molecule has 2 aromatic heterocycles. The van der Waals surface area contributed by atoms with Gasteiger partial charge in [-0.15, -0.1) is 10.2 Å². The lowest BCUT2D eigenvalue weighted by Gasteiger charge is -2.07. The lowest BCUT2D eigenvalue weighted by molar-refractivity contribution is -0.146. The molecule has 1 saturated carbocycles. The molecular formula is C21H23N3O4. The van der Waals surface area contributed by atoms with Crippen LogP contribution in [0.25, 0.3) is 22.7 Å². The average Bonchev–Trinajstić information content (AvgIpc) is 3.46. The summed E-state index contributed by atoms with van der Waals surface area (Å²) in [6, 6.07) is 9.65. The van der Waals surface area contributed by atoms with Crippen molar-refractivity contribution in [3.8, 4) is 22.7 Å². The Labute approximate surface area is 163 Å². The van der Waals surface area contributed by atoms with Crippen LogP contribution in [-0.2, 0) is 16.1 Å². The number of benzene rings is 1. The Morgan fingerprint density at radius 1 is 1.18 bits per heavy atom. The highest BCUT2D eigenvalue weighted by Gasteiger charge is 2.22. The van der Waals surface area contributed by atoms with Crippen molar-refractivity contribution in [2.24, 2.45) is 5.92 Å². The molecule has 0 bridgehead atoms. The highest BCUT2D eigenvalue weighted by Crippen LogP contribution is 2.33. The average molecular weight is 381 g/mol. The second-order valence-corrected chi connectivity index (χ2v) is 7.18. The first-order chi connectivity index (χ1) is 13.7. The molecule has 1 aliphatic carbocycles. The molecule has 0 amide bonds. The SMILES string of the molecule is Cc1onc(-c2ccccc2)c1-c1nnc(COC(=O)CCC2CCCC2)o1. The van der Waals surface area contributed by atoms with Crippen molar-refractivity contribution in [2.75, 3.05) is 0 Å². The molecule has 0 unspecified atom stereocenters. The number of ether oxygens (including phenoxy) is 1. The standard InChI is InChI=1S/C21H23N3O4/c1-14-19(20(24-28-14)16-9-3-2-4-10-16)21-23-22-17(27-21)13-26-18(25)12-11-15-7-5-6-8-15/h2-4,9-10,15H,5-8,11-13H2,1H3. The van der Waals surface area contributed by atoms with Crippen LogP contribution in [0.4, 0.5) is 0 Å². The fourth-order valence-electron chi connectivity index (χ4n) is 3.67. The zero-order valence-electron chi connectivity index (χ0n) is 15.9. The second kappa shape index (κ2) is 8.37. The van der Waals surface area contributed by atoms with Gasteiger partial charge >= 0.3 is 5.97 Å². The Morgan fingerprint density at radius 3 is 2.75 bits per heavy atom. The fraction of sp³-hybridized carbons (Fsp3) is 0.429. The van der Waals surface area contributed by atoms with Crippen LogP contribution in [0.1, 0.15) is 50.2 Å². The Balaban J connectivity index is 1.40. The number of carbonyl (C=O) groups is 1. The molecule has 146 valence electrons. The van der Waals surface area contributed by atoms with Gasteiger partial charge in [-0.1, -0.05) is 61.2 Å². The summed E-state index contributed by atoms with van der Waals surface area (Å²) in [5, 5.41) is 12.2. The van der Waals surface area contributed by atoms with E-state index in [0.29, 0.717) is 35.2 Å². The van der Waals surface area contributed by atoms with E-state index in [4.69, 9.17) is 13.7 Å². The number of aryl methyl sites for hydroxylation is 1. The van der Waals surface area contributed by atoms with E-state index in [1.54, 1.807) is 6.92 Å². The first-order valence-corrected chi connectivity index (χ1v) is 9.71. The number of nitrogens with zero attached hydrogens (tertiary/aromatic N) is 3. The summed E-state index contributed by atoms with van der Waals surface area (Å²) in [6.45, 7) is 1.77. The predicted octanol–water partition coefficient (Wildman–Crippen LogP) is 4.71. The third-order valence-electron chi connectivity index (χ3n) is 5.18. The first kappa shape index (κ1) is 18.4. The zero-order chi connectivity index (χ0) is 19.3. The summed E-state index contributed by atoms with van der Waals surface area (Å²) in [6.07, 6.45) is 6.34. The normalized spacial score (nSPS) is 14.5. The largest absolute Gasteiger partial charge is 0.456 e. The summed E-state index contributed by atoms with van der Waals surface area (Å²) >= 11 is 0. The van der Waals surface area contributed by atoms with Crippen molar-refractivity contribution in [3.63, 3.8) is 0 Å². The molecule has 7 heteroatoms. The van der Waals surface area contributed by atoms with Crippen LogP contribution in [0, 0.1) is 12.8 Å². The lowest BCUT2D eigenvalue weighted by atomic mass is 10.0. The van der Waals surface area contributed by atoms with Gasteiger partial charge in [0.1, 0.15) is 17.0 Å². The van der Waals surface area contributed by atoms with E-state index in [0.717, 1.165) is 12.0 Å². The number of aromatic nitrogens is 3. The number of hydrogen-bond acceptors (Lipinski definition) is 7. The molecule has 0 aliphatic heterocycles. The van der Waals surface area contributed by atoms with Crippen LogP contribution in [0.2, 0.25) is 0 Å². The monoisotopic (exact) mass is 381 g/mol. The maximum atomic E-state index is 12.0. The van der Waals surface area contributed by atoms with Gasteiger partial charge in [-0.05, 0) is 19.3 Å². The Kier molecular flexibility index (Phi) is 5.50. The third kappa shape index (κ3) is 4.13. The lowest BCUT2D eigenvalue weighted by Crippen LogP contribution is -2.07. The van der Waals surface area contributed by atoms with Gasteiger partial charge in [0.2, 0.25) is 0 Å². The molecule has 0 spiro atoms. The van der Waals surface area contributed by atoms with E-state index in [-0.39, 0.29) is 18.5 Å². The summed E-state index contributed by atoms with van der Waals surface area (Å²) in [5.41, 5.74) is 2.19. The molecule has 7 nitrogen and oxygen atoms in total. The van der Waals surface area contributed by atoms with Crippen LogP contribution in [0.15, 0.2) is 39.3 Å². The molecule has 1 aromatic carbocycles. The Morgan fingerprint density at radius 2 is 1.96 bits per heavy atom. The summed E-state index contributed by atoms with van der Waals surface area (Å²) in [4.78, 5) is 12.0. The van der Waals surface area contributed by atoms with Crippen LogP contribution in [0.3, 0.4) is 0 Å². The number of esters is 1. The molecule has 0 atom stereocenters. The summed E-state index contributed by atoms with van der Waals surface area (Å²) < 4.78 is 16.3. The van der Waals surface area contributed by atoms with E-state index in [1.165, 1.54) is 25.7 Å². The predicted molar refractivity (Wildman–Crippen MR) is 101 cm³/mol. The van der Waals surface area contributed by atoms with E-state index in [9.17, 15) is 4.79 Å². The molecular weight excluding hydrogens is 358 g/mol. The molecule has 0 radical (unpaired) electrons. The van der Waals surface area contributed by atoms with Gasteiger partial charge in [-0.2, -0.15) is 0 Å². The van der Waals surface area contributed by atoms with Crippen molar-refractivity contribution < 1.29 is 18.5 Å². The first-order valence-electron chi connectivity index (χ1n) is 9.71. The smallest absolute Gasteiger partial charge is 0.306 e. The Hall–Kier alpha value is -2.96. The maximum Gasteiger partial charge on any atom is 0.306 e. The molecule has 0 saturated heterocycles. The van der Waals surface area contributed by atoms with E-state index in [1.807, 2.05) is 30.3 Å². The van der Waals surface area contributed by atoms with Crippen LogP contribution in [0.5, 0.6) is 0 Å². The van der Waals surface area contributed by atoms with Gasteiger partial charge in [-0.25, -0.2) is 0 Å². The van der Waals surface area contributed by atoms with E-state index < -0.39 is 0 Å². The minimum atomic E-state index is -0.224. The van der Waals surface area contributed by atoms with Crippen molar-refractivity contribution >= 4 is 5.97 Å².